The van der Waals surface area contributed by atoms with Crippen LogP contribution in [-0.2, 0) is 4.74 Å². The van der Waals surface area contributed by atoms with Crippen molar-refractivity contribution in [2.75, 3.05) is 26.8 Å². The Morgan fingerprint density at radius 2 is 2.10 bits per heavy atom. The van der Waals surface area contributed by atoms with E-state index in [9.17, 15) is 0 Å². The van der Waals surface area contributed by atoms with Crippen molar-refractivity contribution in [2.45, 2.75) is 44.8 Å². The number of nitrogens with zero attached hydrogens (tertiary/aromatic N) is 1. The summed E-state index contributed by atoms with van der Waals surface area (Å²) in [6.45, 7) is 7.59. The van der Waals surface area contributed by atoms with E-state index < -0.39 is 0 Å². The second-order valence-electron chi connectivity index (χ2n) is 5.77. The molecular weight excluding hydrogens is 248 g/mol. The molecule has 1 heterocycles. The van der Waals surface area contributed by atoms with E-state index in [0.717, 1.165) is 26.1 Å². The monoisotopic (exact) mass is 276 g/mol. The number of nitrogens with one attached hydrogen (secondary N) is 1. The SMILES string of the molecule is CCC1CN(C(C)CCOC)C(c2ccccc2)CN1. The second-order valence-corrected chi connectivity index (χ2v) is 5.77. The maximum atomic E-state index is 5.26. The molecule has 1 aromatic rings. The molecule has 0 bridgehead atoms. The molecule has 112 valence electrons. The minimum Gasteiger partial charge on any atom is -0.385 e. The van der Waals surface area contributed by atoms with Crippen molar-refractivity contribution in [1.82, 2.24) is 10.2 Å². The molecule has 1 saturated heterocycles. The van der Waals surface area contributed by atoms with Gasteiger partial charge in [0.05, 0.1) is 0 Å². The largest absolute Gasteiger partial charge is 0.385 e. The van der Waals surface area contributed by atoms with Crippen LogP contribution in [-0.4, -0.2) is 43.8 Å². The quantitative estimate of drug-likeness (QED) is 0.864. The van der Waals surface area contributed by atoms with E-state index in [0.29, 0.717) is 18.1 Å². The van der Waals surface area contributed by atoms with Gasteiger partial charge in [0.1, 0.15) is 0 Å². The van der Waals surface area contributed by atoms with E-state index in [1.54, 1.807) is 7.11 Å². The predicted molar refractivity (Wildman–Crippen MR) is 83.9 cm³/mol. The van der Waals surface area contributed by atoms with Crippen molar-refractivity contribution in [2.24, 2.45) is 0 Å². The molecule has 0 radical (unpaired) electrons. The number of ether oxygens (including phenoxy) is 1. The first-order valence-electron chi connectivity index (χ1n) is 7.79. The van der Waals surface area contributed by atoms with Crippen molar-refractivity contribution in [1.29, 1.82) is 0 Å². The Labute approximate surface area is 123 Å². The van der Waals surface area contributed by atoms with Gasteiger partial charge in [-0.1, -0.05) is 37.3 Å². The zero-order valence-corrected chi connectivity index (χ0v) is 13.0. The molecule has 3 atom stereocenters. The second kappa shape index (κ2) is 7.77. The summed E-state index contributed by atoms with van der Waals surface area (Å²) >= 11 is 0. The average Bonchev–Trinajstić information content (AvgIpc) is 2.52. The van der Waals surface area contributed by atoms with Crippen LogP contribution in [0, 0.1) is 0 Å². The summed E-state index contributed by atoms with van der Waals surface area (Å²) in [7, 11) is 1.79. The van der Waals surface area contributed by atoms with Gasteiger partial charge in [-0.25, -0.2) is 0 Å². The normalized spacial score (nSPS) is 25.6. The van der Waals surface area contributed by atoms with E-state index >= 15 is 0 Å². The number of hydrogen-bond donors (Lipinski definition) is 1. The standard InChI is InChI=1S/C17H28N2O/c1-4-16-13-19(14(2)10-11-20-3)17(12-18-16)15-8-6-5-7-9-15/h5-9,14,16-18H,4,10-13H2,1-3H3. The summed E-state index contributed by atoms with van der Waals surface area (Å²) < 4.78 is 5.26. The number of hydrogen-bond acceptors (Lipinski definition) is 3. The lowest BCUT2D eigenvalue weighted by Crippen LogP contribution is -2.54. The third-order valence-electron chi connectivity index (χ3n) is 4.41. The third-order valence-corrected chi connectivity index (χ3v) is 4.41. The topological polar surface area (TPSA) is 24.5 Å². The van der Waals surface area contributed by atoms with Crippen molar-refractivity contribution in [3.05, 3.63) is 35.9 Å². The molecule has 1 aliphatic heterocycles. The molecule has 3 unspecified atom stereocenters. The first kappa shape index (κ1) is 15.5. The van der Waals surface area contributed by atoms with Crippen LogP contribution in [0.15, 0.2) is 30.3 Å². The molecule has 3 nitrogen and oxygen atoms in total. The van der Waals surface area contributed by atoms with Crippen molar-refractivity contribution >= 4 is 0 Å². The van der Waals surface area contributed by atoms with Crippen molar-refractivity contribution in [3.63, 3.8) is 0 Å². The summed E-state index contributed by atoms with van der Waals surface area (Å²) in [6, 6.07) is 12.5. The van der Waals surface area contributed by atoms with E-state index in [4.69, 9.17) is 4.74 Å². The molecule has 0 saturated carbocycles. The minimum atomic E-state index is 0.478. The highest BCUT2D eigenvalue weighted by Gasteiger charge is 2.30. The molecular formula is C17H28N2O. The molecule has 1 N–H and O–H groups in total. The lowest BCUT2D eigenvalue weighted by Gasteiger charge is -2.44. The molecule has 0 aromatic heterocycles. The molecule has 0 aliphatic carbocycles. The smallest absolute Gasteiger partial charge is 0.0477 e. The van der Waals surface area contributed by atoms with E-state index in [1.807, 2.05) is 0 Å². The number of rotatable bonds is 6. The van der Waals surface area contributed by atoms with Crippen LogP contribution in [0.5, 0.6) is 0 Å². The van der Waals surface area contributed by atoms with Crippen LogP contribution in [0.25, 0.3) is 0 Å². The Kier molecular flexibility index (Phi) is 6.02. The van der Waals surface area contributed by atoms with Crippen LogP contribution in [0.1, 0.15) is 38.3 Å². The lowest BCUT2D eigenvalue weighted by atomic mass is 9.97. The molecule has 0 amide bonds. The van der Waals surface area contributed by atoms with E-state index in [1.165, 1.54) is 12.0 Å². The highest BCUT2D eigenvalue weighted by molar-refractivity contribution is 5.20. The van der Waals surface area contributed by atoms with Gasteiger partial charge in [-0.05, 0) is 25.3 Å². The number of methoxy groups -OCH3 is 1. The zero-order chi connectivity index (χ0) is 14.4. The van der Waals surface area contributed by atoms with Gasteiger partial charge >= 0.3 is 0 Å². The van der Waals surface area contributed by atoms with E-state index in [2.05, 4.69) is 54.4 Å². The molecule has 20 heavy (non-hydrogen) atoms. The fourth-order valence-corrected chi connectivity index (χ4v) is 3.04. The highest BCUT2D eigenvalue weighted by Crippen LogP contribution is 2.27. The van der Waals surface area contributed by atoms with Crippen LogP contribution in [0.2, 0.25) is 0 Å². The molecule has 1 fully saturated rings. The minimum absolute atomic E-state index is 0.478. The first-order valence-corrected chi connectivity index (χ1v) is 7.79. The Bertz CT molecular complexity index is 382. The van der Waals surface area contributed by atoms with Gasteiger partial charge in [-0.15, -0.1) is 0 Å². The molecule has 1 aliphatic rings. The van der Waals surface area contributed by atoms with Gasteiger partial charge in [-0.2, -0.15) is 0 Å². The van der Waals surface area contributed by atoms with Crippen LogP contribution in [0.3, 0.4) is 0 Å². The number of benzene rings is 1. The van der Waals surface area contributed by atoms with Gasteiger partial charge in [0.25, 0.3) is 0 Å². The van der Waals surface area contributed by atoms with Gasteiger partial charge in [0.2, 0.25) is 0 Å². The molecule has 3 heteroatoms. The summed E-state index contributed by atoms with van der Waals surface area (Å²) in [5.74, 6) is 0. The molecule has 0 spiro atoms. The Morgan fingerprint density at radius 1 is 1.35 bits per heavy atom. The lowest BCUT2D eigenvalue weighted by molar-refractivity contribution is 0.0666. The summed E-state index contributed by atoms with van der Waals surface area (Å²) in [5.41, 5.74) is 1.42. The summed E-state index contributed by atoms with van der Waals surface area (Å²) in [6.07, 6.45) is 2.28. The van der Waals surface area contributed by atoms with Gasteiger partial charge in [0, 0.05) is 44.9 Å². The maximum Gasteiger partial charge on any atom is 0.0477 e. The fraction of sp³-hybridized carbons (Fsp3) is 0.647. The summed E-state index contributed by atoms with van der Waals surface area (Å²) in [5, 5.41) is 3.69. The molecule has 1 aromatic carbocycles. The Hall–Kier alpha value is -0.900. The Balaban J connectivity index is 2.11. The van der Waals surface area contributed by atoms with Crippen molar-refractivity contribution in [3.8, 4) is 0 Å². The van der Waals surface area contributed by atoms with Gasteiger partial charge in [-0.3, -0.25) is 4.90 Å². The highest BCUT2D eigenvalue weighted by atomic mass is 16.5. The van der Waals surface area contributed by atoms with Crippen LogP contribution in [0.4, 0.5) is 0 Å². The maximum absolute atomic E-state index is 5.26. The first-order chi connectivity index (χ1) is 9.76. The van der Waals surface area contributed by atoms with Crippen molar-refractivity contribution < 1.29 is 4.74 Å². The zero-order valence-electron chi connectivity index (χ0n) is 13.0. The third kappa shape index (κ3) is 3.81. The fourth-order valence-electron chi connectivity index (χ4n) is 3.04. The number of piperazine rings is 1. The average molecular weight is 276 g/mol. The predicted octanol–water partition coefficient (Wildman–Crippen LogP) is 2.84. The Morgan fingerprint density at radius 3 is 2.75 bits per heavy atom. The van der Waals surface area contributed by atoms with Crippen LogP contribution >= 0.6 is 0 Å². The van der Waals surface area contributed by atoms with Gasteiger partial charge < -0.3 is 10.1 Å². The summed E-state index contributed by atoms with van der Waals surface area (Å²) in [4.78, 5) is 2.65. The van der Waals surface area contributed by atoms with Crippen LogP contribution < -0.4 is 5.32 Å². The molecule has 2 rings (SSSR count). The van der Waals surface area contributed by atoms with E-state index in [-0.39, 0.29) is 0 Å². The van der Waals surface area contributed by atoms with Gasteiger partial charge in [0.15, 0.2) is 0 Å².